The summed E-state index contributed by atoms with van der Waals surface area (Å²) in [6.45, 7) is 3.53. The summed E-state index contributed by atoms with van der Waals surface area (Å²) in [5, 5.41) is 6.17. The zero-order valence-electron chi connectivity index (χ0n) is 10.6. The maximum atomic E-state index is 11.9. The van der Waals surface area contributed by atoms with E-state index in [4.69, 9.17) is 0 Å². The number of sulfonamides is 1. The highest BCUT2D eigenvalue weighted by Crippen LogP contribution is 2.04. The molecule has 0 saturated carbocycles. The van der Waals surface area contributed by atoms with Crippen molar-refractivity contribution in [2.75, 3.05) is 19.6 Å². The van der Waals surface area contributed by atoms with Gasteiger partial charge in [-0.1, -0.05) is 0 Å². The van der Waals surface area contributed by atoms with E-state index in [1.807, 2.05) is 6.92 Å². The fraction of sp³-hybridized carbons (Fsp3) is 0.455. The predicted molar refractivity (Wildman–Crippen MR) is 72.3 cm³/mol. The molecule has 1 aromatic heterocycles. The molecule has 0 fully saturated rings. The Morgan fingerprint density at radius 2 is 2.32 bits per heavy atom. The van der Waals surface area contributed by atoms with Crippen molar-refractivity contribution in [1.82, 2.24) is 20.3 Å². The molecule has 3 N–H and O–H groups in total. The van der Waals surface area contributed by atoms with Crippen molar-refractivity contribution in [1.29, 1.82) is 0 Å². The molecule has 0 saturated heterocycles. The van der Waals surface area contributed by atoms with E-state index >= 15 is 0 Å². The van der Waals surface area contributed by atoms with Crippen molar-refractivity contribution in [2.24, 2.45) is 4.99 Å². The van der Waals surface area contributed by atoms with Crippen LogP contribution in [0.2, 0.25) is 0 Å². The number of guanidine groups is 1. The molecule has 2 heterocycles. The topological polar surface area (TPSA) is 95.5 Å². The van der Waals surface area contributed by atoms with E-state index in [2.05, 4.69) is 25.3 Å². The maximum Gasteiger partial charge on any atom is 0.242 e. The van der Waals surface area contributed by atoms with Crippen LogP contribution in [0.4, 0.5) is 0 Å². The second-order valence-corrected chi connectivity index (χ2v) is 6.01. The van der Waals surface area contributed by atoms with Crippen LogP contribution in [0.25, 0.3) is 0 Å². The summed E-state index contributed by atoms with van der Waals surface area (Å²) < 4.78 is 26.2. The number of hydrogen-bond acceptors (Lipinski definition) is 6. The number of hydrogen-bond donors (Lipinski definition) is 3. The SMILES string of the molecule is CC1CN=C(NCCNS(=O)(=O)c2cccnc2)N1. The van der Waals surface area contributed by atoms with Gasteiger partial charge in [0.1, 0.15) is 4.90 Å². The van der Waals surface area contributed by atoms with Crippen LogP contribution in [0.5, 0.6) is 0 Å². The van der Waals surface area contributed by atoms with Gasteiger partial charge < -0.3 is 10.6 Å². The van der Waals surface area contributed by atoms with E-state index in [1.54, 1.807) is 6.07 Å². The van der Waals surface area contributed by atoms with E-state index in [0.717, 1.165) is 6.54 Å². The molecule has 0 spiro atoms. The number of aliphatic imine (C=N–C) groups is 1. The largest absolute Gasteiger partial charge is 0.355 e. The van der Waals surface area contributed by atoms with Gasteiger partial charge in [-0.3, -0.25) is 9.98 Å². The lowest BCUT2D eigenvalue weighted by atomic mass is 10.4. The molecule has 0 aromatic carbocycles. The summed E-state index contributed by atoms with van der Waals surface area (Å²) in [5.41, 5.74) is 0. The maximum absolute atomic E-state index is 11.9. The predicted octanol–water partition coefficient (Wildman–Crippen LogP) is -0.703. The first-order valence-electron chi connectivity index (χ1n) is 6.02. The van der Waals surface area contributed by atoms with E-state index < -0.39 is 10.0 Å². The van der Waals surface area contributed by atoms with Gasteiger partial charge in [-0.05, 0) is 19.1 Å². The summed E-state index contributed by atoms with van der Waals surface area (Å²) in [6.07, 6.45) is 2.85. The van der Waals surface area contributed by atoms with Crippen molar-refractivity contribution in [3.8, 4) is 0 Å². The standard InChI is InChI=1S/C11H17N5O2S/c1-9-7-14-11(16-9)13-5-6-15-19(17,18)10-3-2-4-12-8-10/h2-4,8-9,15H,5-7H2,1H3,(H2,13,14,16). The molecule has 7 nitrogen and oxygen atoms in total. The number of nitrogens with one attached hydrogen (secondary N) is 3. The molecule has 104 valence electrons. The van der Waals surface area contributed by atoms with Gasteiger partial charge >= 0.3 is 0 Å². The molecule has 19 heavy (non-hydrogen) atoms. The highest BCUT2D eigenvalue weighted by molar-refractivity contribution is 7.89. The van der Waals surface area contributed by atoms with Crippen LogP contribution in [0.1, 0.15) is 6.92 Å². The minimum Gasteiger partial charge on any atom is -0.355 e. The lowest BCUT2D eigenvalue weighted by Crippen LogP contribution is -2.41. The van der Waals surface area contributed by atoms with E-state index in [-0.39, 0.29) is 11.4 Å². The molecular formula is C11H17N5O2S. The Balaban J connectivity index is 1.77. The van der Waals surface area contributed by atoms with Crippen LogP contribution in [0.15, 0.2) is 34.4 Å². The van der Waals surface area contributed by atoms with Crippen LogP contribution in [-0.2, 0) is 10.0 Å². The molecule has 0 radical (unpaired) electrons. The van der Waals surface area contributed by atoms with Crippen molar-refractivity contribution >= 4 is 16.0 Å². The summed E-state index contributed by atoms with van der Waals surface area (Å²) in [6, 6.07) is 3.42. The number of nitrogens with zero attached hydrogens (tertiary/aromatic N) is 2. The minimum absolute atomic E-state index is 0.167. The van der Waals surface area contributed by atoms with Crippen LogP contribution in [0, 0.1) is 0 Å². The third-order valence-electron chi connectivity index (χ3n) is 2.56. The monoisotopic (exact) mass is 283 g/mol. The first-order chi connectivity index (χ1) is 9.08. The molecule has 8 heteroatoms. The zero-order valence-corrected chi connectivity index (χ0v) is 11.4. The lowest BCUT2D eigenvalue weighted by molar-refractivity contribution is 0.580. The third kappa shape index (κ3) is 3.90. The lowest BCUT2D eigenvalue weighted by Gasteiger charge is -2.09. The van der Waals surface area contributed by atoms with Crippen molar-refractivity contribution in [3.63, 3.8) is 0 Å². The molecule has 1 atom stereocenters. The Hall–Kier alpha value is -1.67. The second kappa shape index (κ2) is 5.98. The van der Waals surface area contributed by atoms with Gasteiger partial charge in [0, 0.05) is 31.5 Å². The van der Waals surface area contributed by atoms with Gasteiger partial charge in [-0.25, -0.2) is 13.1 Å². The van der Waals surface area contributed by atoms with Crippen molar-refractivity contribution in [3.05, 3.63) is 24.5 Å². The molecular weight excluding hydrogens is 266 g/mol. The Kier molecular flexibility index (Phi) is 4.33. The molecule has 0 bridgehead atoms. The van der Waals surface area contributed by atoms with E-state index in [1.165, 1.54) is 18.5 Å². The van der Waals surface area contributed by atoms with Gasteiger partial charge in [0.15, 0.2) is 5.96 Å². The quantitative estimate of drug-likeness (QED) is 0.621. The fourth-order valence-corrected chi connectivity index (χ4v) is 2.61. The first kappa shape index (κ1) is 13.8. The van der Waals surface area contributed by atoms with Crippen LogP contribution in [-0.4, -0.2) is 45.0 Å². The summed E-state index contributed by atoms with van der Waals surface area (Å²) >= 11 is 0. The fourth-order valence-electron chi connectivity index (χ4n) is 1.62. The molecule has 1 aliphatic heterocycles. The Morgan fingerprint density at radius 1 is 1.47 bits per heavy atom. The van der Waals surface area contributed by atoms with Crippen molar-refractivity contribution in [2.45, 2.75) is 17.9 Å². The molecule has 0 amide bonds. The van der Waals surface area contributed by atoms with Crippen LogP contribution < -0.4 is 15.4 Å². The van der Waals surface area contributed by atoms with E-state index in [9.17, 15) is 8.42 Å². The first-order valence-corrected chi connectivity index (χ1v) is 7.51. The van der Waals surface area contributed by atoms with Gasteiger partial charge in [0.25, 0.3) is 0 Å². The highest BCUT2D eigenvalue weighted by atomic mass is 32.2. The molecule has 2 rings (SSSR count). The van der Waals surface area contributed by atoms with Gasteiger partial charge in [-0.15, -0.1) is 0 Å². The highest BCUT2D eigenvalue weighted by Gasteiger charge is 2.14. The van der Waals surface area contributed by atoms with Crippen LogP contribution >= 0.6 is 0 Å². The smallest absolute Gasteiger partial charge is 0.242 e. The summed E-state index contributed by atoms with van der Waals surface area (Å²) in [4.78, 5) is 8.17. The summed E-state index contributed by atoms with van der Waals surface area (Å²) in [7, 11) is -3.48. The second-order valence-electron chi connectivity index (χ2n) is 4.25. The molecule has 1 aliphatic rings. The van der Waals surface area contributed by atoms with Gasteiger partial charge in [-0.2, -0.15) is 0 Å². The number of pyridine rings is 1. The Labute approximate surface area is 112 Å². The van der Waals surface area contributed by atoms with Gasteiger partial charge in [0.05, 0.1) is 6.54 Å². The number of aromatic nitrogens is 1. The van der Waals surface area contributed by atoms with Crippen LogP contribution in [0.3, 0.4) is 0 Å². The Morgan fingerprint density at radius 3 is 2.95 bits per heavy atom. The average molecular weight is 283 g/mol. The average Bonchev–Trinajstić information content (AvgIpc) is 2.82. The van der Waals surface area contributed by atoms with Gasteiger partial charge in [0.2, 0.25) is 10.0 Å². The number of rotatable bonds is 5. The van der Waals surface area contributed by atoms with E-state index in [0.29, 0.717) is 18.5 Å². The third-order valence-corrected chi connectivity index (χ3v) is 4.01. The summed E-state index contributed by atoms with van der Waals surface area (Å²) in [5.74, 6) is 0.716. The van der Waals surface area contributed by atoms with Crippen molar-refractivity contribution < 1.29 is 8.42 Å². The Bertz CT molecular complexity index is 543. The molecule has 1 aromatic rings. The zero-order chi connectivity index (χ0) is 13.7. The molecule has 0 aliphatic carbocycles. The minimum atomic E-state index is -3.48. The molecule has 1 unspecified atom stereocenters. The normalized spacial score (nSPS) is 18.8.